The number of aryl methyl sites for hydroxylation is 1. The number of anilines is 1. The summed E-state index contributed by atoms with van der Waals surface area (Å²) in [6.07, 6.45) is 1.11. The van der Waals surface area contributed by atoms with Gasteiger partial charge in [0, 0.05) is 5.69 Å². The fourth-order valence-electron chi connectivity index (χ4n) is 2.37. The SMILES string of the molecule is CCc1cc(C(=O)O)cc(NC2(C)CCS(=O)(=O)C2)n1. The molecule has 1 saturated heterocycles. The average molecular weight is 298 g/mol. The largest absolute Gasteiger partial charge is 0.478 e. The second-order valence-corrected chi connectivity index (χ2v) is 7.60. The summed E-state index contributed by atoms with van der Waals surface area (Å²) in [6.45, 7) is 3.71. The van der Waals surface area contributed by atoms with Gasteiger partial charge >= 0.3 is 5.97 Å². The molecule has 1 aromatic rings. The van der Waals surface area contributed by atoms with Crippen molar-refractivity contribution in [3.63, 3.8) is 0 Å². The molecule has 0 aliphatic carbocycles. The molecule has 2 heterocycles. The molecule has 6 nitrogen and oxygen atoms in total. The topological polar surface area (TPSA) is 96.4 Å². The third-order valence-corrected chi connectivity index (χ3v) is 5.32. The van der Waals surface area contributed by atoms with Crippen molar-refractivity contribution in [2.75, 3.05) is 16.8 Å². The Morgan fingerprint density at radius 3 is 2.70 bits per heavy atom. The summed E-state index contributed by atoms with van der Waals surface area (Å²) in [7, 11) is -3.02. The van der Waals surface area contributed by atoms with Gasteiger partial charge < -0.3 is 10.4 Å². The molecular weight excluding hydrogens is 280 g/mol. The van der Waals surface area contributed by atoms with E-state index in [2.05, 4.69) is 10.3 Å². The third-order valence-electron chi connectivity index (χ3n) is 3.42. The highest BCUT2D eigenvalue weighted by Crippen LogP contribution is 2.27. The number of aromatic nitrogens is 1. The Morgan fingerprint density at radius 2 is 2.20 bits per heavy atom. The van der Waals surface area contributed by atoms with Gasteiger partial charge in [0.1, 0.15) is 5.82 Å². The molecule has 0 amide bonds. The number of nitrogens with zero attached hydrogens (tertiary/aromatic N) is 1. The number of aromatic carboxylic acids is 1. The lowest BCUT2D eigenvalue weighted by atomic mass is 10.0. The van der Waals surface area contributed by atoms with E-state index in [0.29, 0.717) is 24.4 Å². The average Bonchev–Trinajstić information content (AvgIpc) is 2.62. The maximum Gasteiger partial charge on any atom is 0.335 e. The molecule has 110 valence electrons. The standard InChI is InChI=1S/C13H18N2O4S/c1-3-10-6-9(12(16)17)7-11(14-10)15-13(2)4-5-20(18,19)8-13/h6-7H,3-5,8H2,1-2H3,(H,14,15)(H,16,17). The smallest absolute Gasteiger partial charge is 0.335 e. The van der Waals surface area contributed by atoms with E-state index in [0.717, 1.165) is 0 Å². The zero-order chi connectivity index (χ0) is 15.0. The molecule has 0 spiro atoms. The van der Waals surface area contributed by atoms with Crippen LogP contribution in [0, 0.1) is 0 Å². The molecular formula is C13H18N2O4S. The van der Waals surface area contributed by atoms with Crippen molar-refractivity contribution in [1.82, 2.24) is 4.98 Å². The number of rotatable bonds is 4. The van der Waals surface area contributed by atoms with Crippen LogP contribution in [0.3, 0.4) is 0 Å². The van der Waals surface area contributed by atoms with Gasteiger partial charge in [0.25, 0.3) is 0 Å². The normalized spacial score (nSPS) is 24.5. The van der Waals surface area contributed by atoms with E-state index in [-0.39, 0.29) is 17.1 Å². The summed E-state index contributed by atoms with van der Waals surface area (Å²) in [5, 5.41) is 12.2. The summed E-state index contributed by atoms with van der Waals surface area (Å²) in [4.78, 5) is 15.4. The molecule has 0 radical (unpaired) electrons. The summed E-state index contributed by atoms with van der Waals surface area (Å²) in [5.41, 5.74) is 0.231. The first kappa shape index (κ1) is 14.8. The molecule has 2 rings (SSSR count). The highest BCUT2D eigenvalue weighted by atomic mass is 32.2. The first-order valence-electron chi connectivity index (χ1n) is 6.46. The molecule has 1 fully saturated rings. The number of carboxylic acid groups (broad SMARTS) is 1. The van der Waals surface area contributed by atoms with Gasteiger partial charge in [0.2, 0.25) is 0 Å². The molecule has 0 aromatic carbocycles. The molecule has 1 atom stereocenters. The van der Waals surface area contributed by atoms with Gasteiger partial charge in [0.15, 0.2) is 9.84 Å². The van der Waals surface area contributed by atoms with Crippen LogP contribution in [0.4, 0.5) is 5.82 Å². The lowest BCUT2D eigenvalue weighted by molar-refractivity contribution is 0.0696. The molecule has 1 unspecified atom stereocenters. The van der Waals surface area contributed by atoms with Gasteiger partial charge in [-0.1, -0.05) is 6.92 Å². The van der Waals surface area contributed by atoms with Gasteiger partial charge in [-0.2, -0.15) is 0 Å². The fourth-order valence-corrected chi connectivity index (χ4v) is 4.47. The zero-order valence-corrected chi connectivity index (χ0v) is 12.3. The van der Waals surface area contributed by atoms with Crippen LogP contribution in [0.5, 0.6) is 0 Å². The minimum atomic E-state index is -3.02. The van der Waals surface area contributed by atoms with Gasteiger partial charge in [-0.3, -0.25) is 0 Å². The number of hydrogen-bond donors (Lipinski definition) is 2. The van der Waals surface area contributed by atoms with Crippen LogP contribution in [-0.4, -0.2) is 41.5 Å². The summed E-state index contributed by atoms with van der Waals surface area (Å²) in [6, 6.07) is 2.97. The maximum atomic E-state index is 11.6. The first-order valence-corrected chi connectivity index (χ1v) is 8.28. The number of carboxylic acids is 1. The minimum absolute atomic E-state index is 0.0421. The molecule has 20 heavy (non-hydrogen) atoms. The van der Waals surface area contributed by atoms with E-state index < -0.39 is 21.3 Å². The quantitative estimate of drug-likeness (QED) is 0.870. The number of sulfone groups is 1. The predicted molar refractivity (Wildman–Crippen MR) is 75.9 cm³/mol. The van der Waals surface area contributed by atoms with Crippen molar-refractivity contribution < 1.29 is 18.3 Å². The lowest BCUT2D eigenvalue weighted by Crippen LogP contribution is -2.36. The lowest BCUT2D eigenvalue weighted by Gasteiger charge is -2.25. The highest BCUT2D eigenvalue weighted by molar-refractivity contribution is 7.91. The van der Waals surface area contributed by atoms with E-state index >= 15 is 0 Å². The molecule has 0 saturated carbocycles. The molecule has 1 aliphatic heterocycles. The summed E-state index contributed by atoms with van der Waals surface area (Å²) in [5.74, 6) is -0.411. The Balaban J connectivity index is 2.29. The summed E-state index contributed by atoms with van der Waals surface area (Å²) >= 11 is 0. The van der Waals surface area contributed by atoms with Gasteiger partial charge in [0.05, 0.1) is 22.6 Å². The van der Waals surface area contributed by atoms with E-state index in [1.165, 1.54) is 12.1 Å². The van der Waals surface area contributed by atoms with Crippen LogP contribution in [0.25, 0.3) is 0 Å². The van der Waals surface area contributed by atoms with Gasteiger partial charge in [-0.15, -0.1) is 0 Å². The van der Waals surface area contributed by atoms with E-state index in [1.807, 2.05) is 13.8 Å². The van der Waals surface area contributed by atoms with Crippen LogP contribution in [0.1, 0.15) is 36.3 Å². The molecule has 1 aromatic heterocycles. The monoisotopic (exact) mass is 298 g/mol. The number of pyridine rings is 1. The van der Waals surface area contributed by atoms with Crippen molar-refractivity contribution in [2.45, 2.75) is 32.2 Å². The van der Waals surface area contributed by atoms with Crippen LogP contribution in [-0.2, 0) is 16.3 Å². The Morgan fingerprint density at radius 1 is 1.50 bits per heavy atom. The van der Waals surface area contributed by atoms with E-state index in [9.17, 15) is 13.2 Å². The molecule has 7 heteroatoms. The van der Waals surface area contributed by atoms with Gasteiger partial charge in [-0.05, 0) is 31.9 Å². The Hall–Kier alpha value is -1.63. The zero-order valence-electron chi connectivity index (χ0n) is 11.5. The minimum Gasteiger partial charge on any atom is -0.478 e. The van der Waals surface area contributed by atoms with Crippen molar-refractivity contribution in [3.8, 4) is 0 Å². The number of nitrogens with one attached hydrogen (secondary N) is 1. The van der Waals surface area contributed by atoms with Gasteiger partial charge in [-0.25, -0.2) is 18.2 Å². The Kier molecular flexibility index (Phi) is 3.73. The van der Waals surface area contributed by atoms with Crippen molar-refractivity contribution >= 4 is 21.6 Å². The Labute approximate surface area is 118 Å². The first-order chi connectivity index (χ1) is 9.23. The molecule has 1 aliphatic rings. The number of carbonyl (C=O) groups is 1. The second-order valence-electron chi connectivity index (χ2n) is 5.42. The van der Waals surface area contributed by atoms with Crippen LogP contribution in [0.2, 0.25) is 0 Å². The number of hydrogen-bond acceptors (Lipinski definition) is 5. The van der Waals surface area contributed by atoms with Crippen molar-refractivity contribution in [1.29, 1.82) is 0 Å². The summed E-state index contributed by atoms with van der Waals surface area (Å²) < 4.78 is 23.2. The Bertz CT molecular complexity index is 642. The third kappa shape index (κ3) is 3.27. The highest BCUT2D eigenvalue weighted by Gasteiger charge is 2.38. The maximum absolute atomic E-state index is 11.6. The van der Waals surface area contributed by atoms with Crippen molar-refractivity contribution in [2.24, 2.45) is 0 Å². The van der Waals surface area contributed by atoms with Crippen LogP contribution >= 0.6 is 0 Å². The fraction of sp³-hybridized carbons (Fsp3) is 0.538. The van der Waals surface area contributed by atoms with E-state index in [4.69, 9.17) is 5.11 Å². The predicted octanol–water partition coefficient (Wildman–Crippen LogP) is 1.33. The van der Waals surface area contributed by atoms with Crippen molar-refractivity contribution in [3.05, 3.63) is 23.4 Å². The second kappa shape index (κ2) is 5.05. The van der Waals surface area contributed by atoms with Crippen LogP contribution in [0.15, 0.2) is 12.1 Å². The van der Waals surface area contributed by atoms with Crippen LogP contribution < -0.4 is 5.32 Å². The van der Waals surface area contributed by atoms with E-state index in [1.54, 1.807) is 0 Å². The molecule has 0 bridgehead atoms. The molecule has 2 N–H and O–H groups in total.